The highest BCUT2D eigenvalue weighted by atomic mass is 15.1. The van der Waals surface area contributed by atoms with Crippen LogP contribution in [0.2, 0.25) is 0 Å². The molecule has 0 bridgehead atoms. The molecule has 0 fully saturated rings. The molecular weight excluding hydrogens is 196 g/mol. The highest BCUT2D eigenvalue weighted by molar-refractivity contribution is 4.74. The van der Waals surface area contributed by atoms with Crippen molar-refractivity contribution < 1.29 is 0 Å². The predicted molar refractivity (Wildman–Crippen MR) is 73.5 cm³/mol. The van der Waals surface area contributed by atoms with Crippen LogP contribution in [-0.4, -0.2) is 11.7 Å². The van der Waals surface area contributed by atoms with Gasteiger partial charge in [0.25, 0.3) is 0 Å². The van der Waals surface area contributed by atoms with Crippen LogP contribution in [0.25, 0.3) is 0 Å². The summed E-state index contributed by atoms with van der Waals surface area (Å²) in [7, 11) is 0. The molecule has 0 heterocycles. The van der Waals surface area contributed by atoms with Crippen molar-refractivity contribution in [1.82, 2.24) is 5.32 Å². The Morgan fingerprint density at radius 3 is 1.94 bits per heavy atom. The summed E-state index contributed by atoms with van der Waals surface area (Å²) in [6.07, 6.45) is 10.8. The van der Waals surface area contributed by atoms with Crippen LogP contribution in [-0.2, 0) is 0 Å². The van der Waals surface area contributed by atoms with Gasteiger partial charge in [-0.2, -0.15) is 0 Å². The summed E-state index contributed by atoms with van der Waals surface area (Å²) >= 11 is 0. The van der Waals surface area contributed by atoms with Gasteiger partial charge in [0.05, 0.1) is 6.17 Å². The Kier molecular flexibility index (Phi) is 8.96. The molecule has 1 unspecified atom stereocenters. The van der Waals surface area contributed by atoms with Gasteiger partial charge in [-0.25, -0.2) is 0 Å². The molecule has 0 saturated heterocycles. The van der Waals surface area contributed by atoms with E-state index in [2.05, 4.69) is 33.0 Å². The molecule has 16 heavy (non-hydrogen) atoms. The fourth-order valence-electron chi connectivity index (χ4n) is 1.95. The standard InChI is InChI=1S/C14H32N2/c1-5-6-7-8-9-10-11-12-13(15)16-14(2,3)4/h13,16H,5-12,15H2,1-4H3. The van der Waals surface area contributed by atoms with Crippen LogP contribution in [0.5, 0.6) is 0 Å². The molecule has 0 spiro atoms. The van der Waals surface area contributed by atoms with Gasteiger partial charge in [-0.15, -0.1) is 0 Å². The summed E-state index contributed by atoms with van der Waals surface area (Å²) in [5.41, 5.74) is 6.15. The van der Waals surface area contributed by atoms with E-state index in [-0.39, 0.29) is 11.7 Å². The van der Waals surface area contributed by atoms with E-state index in [1.165, 1.54) is 44.9 Å². The molecule has 1 atom stereocenters. The molecule has 0 aromatic heterocycles. The van der Waals surface area contributed by atoms with Gasteiger partial charge in [-0.1, -0.05) is 51.9 Å². The summed E-state index contributed by atoms with van der Waals surface area (Å²) in [6, 6.07) is 0. The molecule has 3 N–H and O–H groups in total. The molecule has 0 aromatic carbocycles. The number of hydrogen-bond acceptors (Lipinski definition) is 2. The third-order valence-electron chi connectivity index (χ3n) is 2.74. The van der Waals surface area contributed by atoms with Gasteiger partial charge in [0.1, 0.15) is 0 Å². The van der Waals surface area contributed by atoms with Crippen molar-refractivity contribution in [2.45, 2.75) is 90.8 Å². The van der Waals surface area contributed by atoms with Crippen molar-refractivity contribution in [2.75, 3.05) is 0 Å². The molecule has 0 aliphatic heterocycles. The molecule has 0 aliphatic carbocycles. The second kappa shape index (κ2) is 9.00. The zero-order valence-corrected chi connectivity index (χ0v) is 11.8. The third kappa shape index (κ3) is 12.0. The predicted octanol–water partition coefficient (Wildman–Crippen LogP) is 3.80. The summed E-state index contributed by atoms with van der Waals surface area (Å²) in [6.45, 7) is 8.75. The molecule has 0 saturated carbocycles. The smallest absolute Gasteiger partial charge is 0.0550 e. The Bertz CT molecular complexity index is 149. The number of rotatable bonds is 9. The van der Waals surface area contributed by atoms with E-state index in [0.717, 1.165) is 6.42 Å². The topological polar surface area (TPSA) is 38.0 Å². The highest BCUT2D eigenvalue weighted by Crippen LogP contribution is 2.09. The van der Waals surface area contributed by atoms with Crippen LogP contribution < -0.4 is 11.1 Å². The minimum atomic E-state index is 0.139. The number of unbranched alkanes of at least 4 members (excludes halogenated alkanes) is 6. The number of nitrogens with two attached hydrogens (primary N) is 1. The molecule has 0 aromatic rings. The SMILES string of the molecule is CCCCCCCCCC(N)NC(C)(C)C. The largest absolute Gasteiger partial charge is 0.316 e. The summed E-state index contributed by atoms with van der Waals surface area (Å²) < 4.78 is 0. The Hall–Kier alpha value is -0.0800. The fraction of sp³-hybridized carbons (Fsp3) is 1.00. The van der Waals surface area contributed by atoms with Crippen molar-refractivity contribution in [2.24, 2.45) is 5.73 Å². The lowest BCUT2D eigenvalue weighted by Crippen LogP contribution is -2.48. The zero-order valence-electron chi connectivity index (χ0n) is 11.8. The molecule has 0 radical (unpaired) electrons. The molecule has 2 heteroatoms. The van der Waals surface area contributed by atoms with Crippen LogP contribution >= 0.6 is 0 Å². The first-order valence-electron chi connectivity index (χ1n) is 6.99. The van der Waals surface area contributed by atoms with Crippen molar-refractivity contribution in [1.29, 1.82) is 0 Å². The van der Waals surface area contributed by atoms with Crippen LogP contribution in [0.3, 0.4) is 0 Å². The van der Waals surface area contributed by atoms with E-state index in [4.69, 9.17) is 5.73 Å². The van der Waals surface area contributed by atoms with E-state index in [0.29, 0.717) is 0 Å². The first kappa shape index (κ1) is 15.9. The van der Waals surface area contributed by atoms with E-state index < -0.39 is 0 Å². The first-order chi connectivity index (χ1) is 7.45. The third-order valence-corrected chi connectivity index (χ3v) is 2.74. The molecule has 0 amide bonds. The highest BCUT2D eigenvalue weighted by Gasteiger charge is 2.12. The van der Waals surface area contributed by atoms with Crippen LogP contribution in [0, 0.1) is 0 Å². The van der Waals surface area contributed by atoms with Crippen molar-refractivity contribution >= 4 is 0 Å². The average Bonchev–Trinajstić information content (AvgIpc) is 2.13. The molecule has 0 rings (SSSR count). The summed E-state index contributed by atoms with van der Waals surface area (Å²) in [5, 5.41) is 3.41. The van der Waals surface area contributed by atoms with Gasteiger partial charge >= 0.3 is 0 Å². The minimum absolute atomic E-state index is 0.139. The van der Waals surface area contributed by atoms with Gasteiger partial charge in [0.15, 0.2) is 0 Å². The molecule has 0 aliphatic rings. The van der Waals surface area contributed by atoms with Gasteiger partial charge in [0.2, 0.25) is 0 Å². The van der Waals surface area contributed by atoms with E-state index in [1.54, 1.807) is 0 Å². The lowest BCUT2D eigenvalue weighted by molar-refractivity contribution is 0.343. The van der Waals surface area contributed by atoms with Crippen LogP contribution in [0.15, 0.2) is 0 Å². The van der Waals surface area contributed by atoms with Crippen molar-refractivity contribution in [3.63, 3.8) is 0 Å². The Labute approximate surface area is 102 Å². The quantitative estimate of drug-likeness (QED) is 0.465. The Morgan fingerprint density at radius 2 is 1.44 bits per heavy atom. The summed E-state index contributed by atoms with van der Waals surface area (Å²) in [5.74, 6) is 0. The van der Waals surface area contributed by atoms with Crippen molar-refractivity contribution in [3.8, 4) is 0 Å². The Balaban J connectivity index is 3.25. The monoisotopic (exact) mass is 228 g/mol. The Morgan fingerprint density at radius 1 is 0.938 bits per heavy atom. The molecule has 98 valence electrons. The average molecular weight is 228 g/mol. The van der Waals surface area contributed by atoms with Crippen LogP contribution in [0.1, 0.15) is 79.1 Å². The summed E-state index contributed by atoms with van der Waals surface area (Å²) in [4.78, 5) is 0. The van der Waals surface area contributed by atoms with Crippen molar-refractivity contribution in [3.05, 3.63) is 0 Å². The van der Waals surface area contributed by atoms with E-state index in [9.17, 15) is 0 Å². The van der Waals surface area contributed by atoms with Gasteiger partial charge in [-0.05, 0) is 27.2 Å². The van der Waals surface area contributed by atoms with E-state index >= 15 is 0 Å². The van der Waals surface area contributed by atoms with Gasteiger partial charge in [0, 0.05) is 5.54 Å². The second-order valence-electron chi connectivity index (χ2n) is 5.91. The number of hydrogen-bond donors (Lipinski definition) is 2. The second-order valence-corrected chi connectivity index (χ2v) is 5.91. The van der Waals surface area contributed by atoms with Gasteiger partial charge in [-0.3, -0.25) is 5.32 Å². The van der Waals surface area contributed by atoms with Crippen LogP contribution in [0.4, 0.5) is 0 Å². The lowest BCUT2D eigenvalue weighted by atomic mass is 10.1. The normalized spacial score (nSPS) is 14.1. The maximum Gasteiger partial charge on any atom is 0.0550 e. The minimum Gasteiger partial charge on any atom is -0.316 e. The number of nitrogens with one attached hydrogen (secondary N) is 1. The molecule has 2 nitrogen and oxygen atoms in total. The maximum absolute atomic E-state index is 6.01. The molecular formula is C14H32N2. The maximum atomic E-state index is 6.01. The fourth-order valence-corrected chi connectivity index (χ4v) is 1.95. The zero-order chi connectivity index (χ0) is 12.4. The van der Waals surface area contributed by atoms with E-state index in [1.807, 2.05) is 0 Å². The lowest BCUT2D eigenvalue weighted by Gasteiger charge is -2.25. The first-order valence-corrected chi connectivity index (χ1v) is 6.99. The van der Waals surface area contributed by atoms with Gasteiger partial charge < -0.3 is 5.73 Å².